The Morgan fingerprint density at radius 2 is 1.56 bits per heavy atom. The zero-order valence-corrected chi connectivity index (χ0v) is 28.2. The third-order valence-corrected chi connectivity index (χ3v) is 13.6. The van der Waals surface area contributed by atoms with E-state index in [0.717, 1.165) is 5.57 Å². The molecule has 1 heterocycles. The Bertz CT molecular complexity index is 1310. The van der Waals surface area contributed by atoms with Crippen LogP contribution in [0.15, 0.2) is 84.0 Å². The normalized spacial score (nSPS) is 25.0. The average molecular weight is 605 g/mol. The molecule has 2 aliphatic rings. The molecule has 1 aliphatic heterocycles. The lowest BCUT2D eigenvalue weighted by atomic mass is 9.71. The first-order valence-electron chi connectivity index (χ1n) is 15.4. The van der Waals surface area contributed by atoms with Crippen LogP contribution < -0.4 is 10.4 Å². The highest BCUT2D eigenvalue weighted by Crippen LogP contribution is 2.48. The average Bonchev–Trinajstić information content (AvgIpc) is 3.28. The molecule has 232 valence electrons. The van der Waals surface area contributed by atoms with E-state index in [4.69, 9.17) is 18.6 Å². The zero-order chi connectivity index (χ0) is 31.6. The maximum Gasteiger partial charge on any atom is 0.341 e. The van der Waals surface area contributed by atoms with E-state index < -0.39 is 37.5 Å². The predicted octanol–water partition coefficient (Wildman–Crippen LogP) is 6.34. The van der Waals surface area contributed by atoms with Crippen LogP contribution >= 0.6 is 0 Å². The minimum absolute atomic E-state index is 0.0166. The second-order valence-electron chi connectivity index (χ2n) is 14.0. The number of carbonyl (C=O) groups excluding carboxylic acids is 2. The zero-order valence-electron chi connectivity index (χ0n) is 27.2. The quantitative estimate of drug-likeness (QED) is 0.152. The minimum atomic E-state index is -2.79. The molecule has 0 aromatic heterocycles. The number of hydrogen-bond acceptors (Lipinski definition) is 6. The summed E-state index contributed by atoms with van der Waals surface area (Å²) in [5, 5.41) is 2.24. The Morgan fingerprint density at radius 1 is 1.00 bits per heavy atom. The highest BCUT2D eigenvalue weighted by atomic mass is 28.4. The van der Waals surface area contributed by atoms with E-state index >= 15 is 0 Å². The lowest BCUT2D eigenvalue weighted by Crippen LogP contribution is -2.66. The van der Waals surface area contributed by atoms with E-state index in [0.29, 0.717) is 18.6 Å². The van der Waals surface area contributed by atoms with Crippen molar-refractivity contribution in [3.8, 4) is 0 Å². The second kappa shape index (κ2) is 12.5. The number of cyclic esters (lactones) is 1. The maximum absolute atomic E-state index is 13.6. The molecule has 1 saturated heterocycles. The van der Waals surface area contributed by atoms with Gasteiger partial charge in [0.1, 0.15) is 0 Å². The van der Waals surface area contributed by atoms with E-state index in [1.165, 1.54) is 10.4 Å². The molecule has 43 heavy (non-hydrogen) atoms. The van der Waals surface area contributed by atoms with E-state index in [1.807, 2.05) is 32.9 Å². The fourth-order valence-electron chi connectivity index (χ4n) is 6.32. The summed E-state index contributed by atoms with van der Waals surface area (Å²) < 4.78 is 24.9. The van der Waals surface area contributed by atoms with Crippen LogP contribution in [-0.4, -0.2) is 45.4 Å². The molecular weight excluding hydrogens is 556 g/mol. The summed E-state index contributed by atoms with van der Waals surface area (Å²) in [7, 11) is -2.79. The van der Waals surface area contributed by atoms with Gasteiger partial charge in [-0.05, 0) is 47.2 Å². The largest absolute Gasteiger partial charge is 0.463 e. The molecular formula is C36H48O6Si. The third kappa shape index (κ3) is 6.45. The van der Waals surface area contributed by atoms with Crippen molar-refractivity contribution in [1.29, 1.82) is 0 Å². The van der Waals surface area contributed by atoms with Crippen LogP contribution in [0.2, 0.25) is 5.04 Å². The van der Waals surface area contributed by atoms with Gasteiger partial charge in [-0.25, -0.2) is 9.59 Å². The van der Waals surface area contributed by atoms with Crippen LogP contribution in [0.25, 0.3) is 0 Å². The molecule has 0 bridgehead atoms. The summed E-state index contributed by atoms with van der Waals surface area (Å²) in [5.41, 5.74) is -0.123. The van der Waals surface area contributed by atoms with Crippen LogP contribution in [0.3, 0.4) is 0 Å². The SMILES string of the molecule is CCOC(=O)/C(C)=C\[C@@H]1C=C(CO[Si](c2ccccc2)(c2ccccc2)C(C)(C)C)[C@H](C)C[C@]12O[C@@H](C(C)(C)C)OC2=O. The highest BCUT2D eigenvalue weighted by Gasteiger charge is 2.59. The number of esters is 2. The van der Waals surface area contributed by atoms with Gasteiger partial charge in [0, 0.05) is 16.9 Å². The van der Waals surface area contributed by atoms with E-state index in [2.05, 4.69) is 82.3 Å². The Labute approximate surface area is 258 Å². The fraction of sp³-hybridized carbons (Fsp3) is 0.500. The van der Waals surface area contributed by atoms with Crippen molar-refractivity contribution in [2.75, 3.05) is 13.2 Å². The second-order valence-corrected chi connectivity index (χ2v) is 18.3. The topological polar surface area (TPSA) is 71.1 Å². The smallest absolute Gasteiger partial charge is 0.341 e. The van der Waals surface area contributed by atoms with Crippen LogP contribution in [-0.2, 0) is 28.2 Å². The Morgan fingerprint density at radius 3 is 2.02 bits per heavy atom. The predicted molar refractivity (Wildman–Crippen MR) is 172 cm³/mol. The first-order valence-corrected chi connectivity index (χ1v) is 17.3. The molecule has 0 saturated carbocycles. The third-order valence-electron chi connectivity index (χ3n) is 8.66. The molecule has 1 fully saturated rings. The van der Waals surface area contributed by atoms with Crippen molar-refractivity contribution in [3.63, 3.8) is 0 Å². The first kappa shape index (κ1) is 32.9. The van der Waals surface area contributed by atoms with Crippen molar-refractivity contribution < 1.29 is 28.2 Å². The van der Waals surface area contributed by atoms with Crippen LogP contribution in [0.4, 0.5) is 0 Å². The molecule has 0 unspecified atom stereocenters. The van der Waals surface area contributed by atoms with Crippen LogP contribution in [0.1, 0.15) is 68.7 Å². The maximum atomic E-state index is 13.6. The molecule has 6 nitrogen and oxygen atoms in total. The first-order chi connectivity index (χ1) is 20.2. The van der Waals surface area contributed by atoms with Gasteiger partial charge in [0.25, 0.3) is 8.32 Å². The molecule has 1 spiro atoms. The standard InChI is InChI=1S/C36H48O6Si/c1-10-39-31(37)25(2)21-28-22-27(26(3)23-36(28)32(38)41-33(42-36)34(4,5)6)24-40-43(35(7,8)9,29-17-13-11-14-18-29)30-19-15-12-16-20-30/h11-22,26,28,33H,10,23-24H2,1-9H3/b25-21-/t26-,28-,33+,36+/m1/s1. The van der Waals surface area contributed by atoms with Crippen LogP contribution in [0, 0.1) is 17.3 Å². The highest BCUT2D eigenvalue weighted by molar-refractivity contribution is 6.99. The minimum Gasteiger partial charge on any atom is -0.463 e. The number of hydrogen-bond donors (Lipinski definition) is 0. The van der Waals surface area contributed by atoms with E-state index in [9.17, 15) is 9.59 Å². The number of carbonyl (C=O) groups is 2. The van der Waals surface area contributed by atoms with Gasteiger partial charge < -0.3 is 18.6 Å². The fourth-order valence-corrected chi connectivity index (χ4v) is 10.9. The van der Waals surface area contributed by atoms with Gasteiger partial charge in [-0.2, -0.15) is 0 Å². The van der Waals surface area contributed by atoms with Crippen molar-refractivity contribution >= 4 is 30.6 Å². The molecule has 7 heteroatoms. The Hall–Kier alpha value is -3.00. The molecule has 0 amide bonds. The van der Waals surface area contributed by atoms with Gasteiger partial charge >= 0.3 is 11.9 Å². The van der Waals surface area contributed by atoms with Gasteiger partial charge in [-0.15, -0.1) is 0 Å². The number of ether oxygens (including phenoxy) is 3. The number of rotatable bonds is 8. The molecule has 0 N–H and O–H groups in total. The number of benzene rings is 2. The van der Waals surface area contributed by atoms with Gasteiger partial charge in [-0.3, -0.25) is 0 Å². The van der Waals surface area contributed by atoms with Crippen molar-refractivity contribution in [2.45, 2.75) is 85.7 Å². The summed E-state index contributed by atoms with van der Waals surface area (Å²) in [6.07, 6.45) is 3.61. The summed E-state index contributed by atoms with van der Waals surface area (Å²) in [5.74, 6) is -1.34. The summed E-state index contributed by atoms with van der Waals surface area (Å²) in [6, 6.07) is 21.1. The van der Waals surface area contributed by atoms with Crippen molar-refractivity contribution in [2.24, 2.45) is 17.3 Å². The van der Waals surface area contributed by atoms with Gasteiger partial charge in [0.05, 0.1) is 13.2 Å². The van der Waals surface area contributed by atoms with Crippen LogP contribution in [0.5, 0.6) is 0 Å². The van der Waals surface area contributed by atoms with Gasteiger partial charge in [0.15, 0.2) is 5.60 Å². The Kier molecular flexibility index (Phi) is 9.60. The molecule has 4 atom stereocenters. The lowest BCUT2D eigenvalue weighted by Gasteiger charge is -2.44. The Balaban J connectivity index is 1.79. The molecule has 2 aromatic rings. The van der Waals surface area contributed by atoms with Gasteiger partial charge in [-0.1, -0.05) is 121 Å². The van der Waals surface area contributed by atoms with Crippen molar-refractivity contribution in [3.05, 3.63) is 84.0 Å². The van der Waals surface area contributed by atoms with Crippen molar-refractivity contribution in [1.82, 2.24) is 0 Å². The van der Waals surface area contributed by atoms with E-state index in [1.54, 1.807) is 19.9 Å². The molecule has 2 aromatic carbocycles. The molecule has 1 aliphatic carbocycles. The molecule has 0 radical (unpaired) electrons. The lowest BCUT2D eigenvalue weighted by molar-refractivity contribution is -0.158. The monoisotopic (exact) mass is 604 g/mol. The summed E-state index contributed by atoms with van der Waals surface area (Å²) in [6.45, 7) is 19.0. The molecule has 4 rings (SSSR count). The van der Waals surface area contributed by atoms with Gasteiger partial charge in [0.2, 0.25) is 6.29 Å². The summed E-state index contributed by atoms with van der Waals surface area (Å²) >= 11 is 0. The van der Waals surface area contributed by atoms with E-state index in [-0.39, 0.29) is 23.5 Å². The summed E-state index contributed by atoms with van der Waals surface area (Å²) in [4.78, 5) is 26.3.